The summed E-state index contributed by atoms with van der Waals surface area (Å²) >= 11 is 0. The second-order valence-corrected chi connectivity index (χ2v) is 5.43. The van der Waals surface area contributed by atoms with Crippen LogP contribution in [0.2, 0.25) is 0 Å². The van der Waals surface area contributed by atoms with Crippen molar-refractivity contribution in [3.8, 4) is 0 Å². The van der Waals surface area contributed by atoms with Crippen molar-refractivity contribution in [3.63, 3.8) is 0 Å². The molecule has 0 aromatic heterocycles. The van der Waals surface area contributed by atoms with Crippen LogP contribution in [0.5, 0.6) is 0 Å². The first-order valence-electron chi connectivity index (χ1n) is 6.20. The second-order valence-electron chi connectivity index (χ2n) is 5.43. The van der Waals surface area contributed by atoms with Crippen LogP contribution in [0.15, 0.2) is 0 Å². The van der Waals surface area contributed by atoms with Gasteiger partial charge in [0.05, 0.1) is 12.6 Å². The number of likely N-dealkylation sites (N-methyl/N-ethyl adjacent to an activating group) is 1. The van der Waals surface area contributed by atoms with Crippen LogP contribution in [-0.4, -0.2) is 52.8 Å². The number of carbonyl (C=O) groups is 2. The zero-order valence-electron chi connectivity index (χ0n) is 11.4. The molecule has 0 aliphatic carbocycles. The Kier molecular flexibility index (Phi) is 4.56. The van der Waals surface area contributed by atoms with Gasteiger partial charge in [-0.15, -0.1) is 0 Å². The van der Waals surface area contributed by atoms with Crippen molar-refractivity contribution < 1.29 is 19.4 Å². The van der Waals surface area contributed by atoms with Crippen LogP contribution < -0.4 is 5.32 Å². The standard InChI is InChI=1S/C12H22N2O4/c1-5-13-10(16)9-6-8(15)7-14(9)11(17)18-12(2,3)4/h8-9,15H,5-7H2,1-4H3,(H,13,16)/t8-,9+/m1/s1. The van der Waals surface area contributed by atoms with Crippen molar-refractivity contribution in [2.75, 3.05) is 13.1 Å². The highest BCUT2D eigenvalue weighted by Gasteiger charge is 2.40. The lowest BCUT2D eigenvalue weighted by Crippen LogP contribution is -2.47. The van der Waals surface area contributed by atoms with E-state index in [1.165, 1.54) is 4.90 Å². The van der Waals surface area contributed by atoms with Crippen LogP contribution in [0.3, 0.4) is 0 Å². The van der Waals surface area contributed by atoms with E-state index in [9.17, 15) is 14.7 Å². The average Bonchev–Trinajstić information content (AvgIpc) is 2.58. The van der Waals surface area contributed by atoms with Gasteiger partial charge in [-0.2, -0.15) is 0 Å². The van der Waals surface area contributed by atoms with Crippen molar-refractivity contribution >= 4 is 12.0 Å². The molecule has 1 rings (SSSR count). The van der Waals surface area contributed by atoms with Crippen molar-refractivity contribution in [2.24, 2.45) is 0 Å². The fourth-order valence-electron chi connectivity index (χ4n) is 1.88. The van der Waals surface area contributed by atoms with E-state index < -0.39 is 23.8 Å². The lowest BCUT2D eigenvalue weighted by Gasteiger charge is -2.27. The maximum Gasteiger partial charge on any atom is 0.411 e. The van der Waals surface area contributed by atoms with Crippen LogP contribution in [-0.2, 0) is 9.53 Å². The van der Waals surface area contributed by atoms with Crippen LogP contribution in [0.1, 0.15) is 34.1 Å². The Balaban J connectivity index is 2.72. The van der Waals surface area contributed by atoms with Crippen LogP contribution in [0, 0.1) is 0 Å². The number of hydrogen-bond acceptors (Lipinski definition) is 4. The molecule has 2 amide bonds. The SMILES string of the molecule is CCNC(=O)[C@@H]1C[C@@H](O)CN1C(=O)OC(C)(C)C. The van der Waals surface area contributed by atoms with Crippen molar-refractivity contribution in [3.05, 3.63) is 0 Å². The van der Waals surface area contributed by atoms with E-state index >= 15 is 0 Å². The summed E-state index contributed by atoms with van der Waals surface area (Å²) in [5.41, 5.74) is -0.615. The molecule has 2 N–H and O–H groups in total. The maximum absolute atomic E-state index is 11.9. The lowest BCUT2D eigenvalue weighted by molar-refractivity contribution is -0.125. The first-order valence-corrected chi connectivity index (χ1v) is 6.20. The molecule has 0 unspecified atom stereocenters. The highest BCUT2D eigenvalue weighted by atomic mass is 16.6. The minimum atomic E-state index is -0.676. The van der Waals surface area contributed by atoms with E-state index in [4.69, 9.17) is 4.74 Å². The molecule has 1 saturated heterocycles. The number of carbonyl (C=O) groups excluding carboxylic acids is 2. The molecule has 1 aliphatic heterocycles. The monoisotopic (exact) mass is 258 g/mol. The number of amides is 2. The zero-order valence-corrected chi connectivity index (χ0v) is 11.4. The number of hydrogen-bond donors (Lipinski definition) is 2. The summed E-state index contributed by atoms with van der Waals surface area (Å²) in [5.74, 6) is -0.250. The Morgan fingerprint density at radius 3 is 2.56 bits per heavy atom. The summed E-state index contributed by atoms with van der Waals surface area (Å²) in [6.45, 7) is 7.72. The molecule has 0 spiro atoms. The number of aliphatic hydroxyl groups excluding tert-OH is 1. The highest BCUT2D eigenvalue weighted by molar-refractivity contribution is 5.86. The van der Waals surface area contributed by atoms with E-state index in [-0.39, 0.29) is 18.9 Å². The minimum absolute atomic E-state index is 0.136. The normalized spacial score (nSPS) is 23.9. The Labute approximate surface area is 107 Å². The van der Waals surface area contributed by atoms with Gasteiger partial charge in [0.1, 0.15) is 11.6 Å². The molecular weight excluding hydrogens is 236 g/mol. The molecule has 0 aromatic rings. The van der Waals surface area contributed by atoms with Gasteiger partial charge in [-0.05, 0) is 27.7 Å². The molecule has 2 atom stereocenters. The third kappa shape index (κ3) is 3.87. The van der Waals surface area contributed by atoms with E-state index in [1.807, 2.05) is 0 Å². The van der Waals surface area contributed by atoms with E-state index in [0.717, 1.165) is 0 Å². The predicted molar refractivity (Wildman–Crippen MR) is 66.0 cm³/mol. The minimum Gasteiger partial charge on any atom is -0.444 e. The number of likely N-dealkylation sites (tertiary alicyclic amines) is 1. The quantitative estimate of drug-likeness (QED) is 0.755. The molecule has 0 bridgehead atoms. The first kappa shape index (κ1) is 14.8. The summed E-state index contributed by atoms with van der Waals surface area (Å²) in [4.78, 5) is 25.0. The topological polar surface area (TPSA) is 78.9 Å². The van der Waals surface area contributed by atoms with Gasteiger partial charge in [0.25, 0.3) is 0 Å². The Hall–Kier alpha value is -1.30. The Morgan fingerprint density at radius 1 is 1.44 bits per heavy atom. The summed E-state index contributed by atoms with van der Waals surface area (Å²) < 4.78 is 5.22. The molecule has 1 aliphatic rings. The molecular formula is C12H22N2O4. The molecule has 1 fully saturated rings. The zero-order chi connectivity index (χ0) is 13.9. The van der Waals surface area contributed by atoms with Crippen molar-refractivity contribution in [1.82, 2.24) is 10.2 Å². The third-order valence-corrected chi connectivity index (χ3v) is 2.56. The number of β-amino-alcohol motifs (C(OH)–C–C–N with tert-alkyl or cyclic N) is 1. The van der Waals surface area contributed by atoms with Gasteiger partial charge >= 0.3 is 6.09 Å². The number of aliphatic hydroxyl groups is 1. The molecule has 6 nitrogen and oxygen atoms in total. The largest absolute Gasteiger partial charge is 0.444 e. The van der Waals surface area contributed by atoms with Gasteiger partial charge in [-0.25, -0.2) is 4.79 Å². The summed E-state index contributed by atoms with van der Waals surface area (Å²) in [6, 6.07) is -0.644. The van der Waals surface area contributed by atoms with Gasteiger partial charge < -0.3 is 15.2 Å². The van der Waals surface area contributed by atoms with E-state index in [1.54, 1.807) is 27.7 Å². The summed E-state index contributed by atoms with van der Waals surface area (Å²) in [5, 5.41) is 12.3. The molecule has 0 aromatic carbocycles. The molecule has 18 heavy (non-hydrogen) atoms. The van der Waals surface area contributed by atoms with Gasteiger partial charge in [-0.1, -0.05) is 0 Å². The summed E-state index contributed by atoms with van der Waals surface area (Å²) in [7, 11) is 0. The number of rotatable bonds is 2. The predicted octanol–water partition coefficient (Wildman–Crippen LogP) is 0.493. The van der Waals surface area contributed by atoms with Gasteiger partial charge in [-0.3, -0.25) is 9.69 Å². The highest BCUT2D eigenvalue weighted by Crippen LogP contribution is 2.21. The lowest BCUT2D eigenvalue weighted by atomic mass is 10.2. The first-order chi connectivity index (χ1) is 8.24. The van der Waals surface area contributed by atoms with Crippen molar-refractivity contribution in [1.29, 1.82) is 0 Å². The fraction of sp³-hybridized carbons (Fsp3) is 0.833. The van der Waals surface area contributed by atoms with Crippen LogP contribution in [0.4, 0.5) is 4.79 Å². The molecule has 0 radical (unpaired) electrons. The maximum atomic E-state index is 11.9. The van der Waals surface area contributed by atoms with Gasteiger partial charge in [0, 0.05) is 13.0 Å². The van der Waals surface area contributed by atoms with Gasteiger partial charge in [0.15, 0.2) is 0 Å². The van der Waals surface area contributed by atoms with E-state index in [0.29, 0.717) is 6.54 Å². The second kappa shape index (κ2) is 5.56. The van der Waals surface area contributed by atoms with Crippen molar-refractivity contribution in [2.45, 2.75) is 51.9 Å². The fourth-order valence-corrected chi connectivity index (χ4v) is 1.88. The third-order valence-electron chi connectivity index (χ3n) is 2.56. The average molecular weight is 258 g/mol. The Morgan fingerprint density at radius 2 is 2.06 bits per heavy atom. The number of ether oxygens (including phenoxy) is 1. The number of nitrogens with one attached hydrogen (secondary N) is 1. The van der Waals surface area contributed by atoms with Gasteiger partial charge in [0.2, 0.25) is 5.91 Å². The molecule has 6 heteroatoms. The molecule has 1 heterocycles. The van der Waals surface area contributed by atoms with Crippen LogP contribution in [0.25, 0.3) is 0 Å². The molecule has 104 valence electrons. The molecule has 0 saturated carbocycles. The van der Waals surface area contributed by atoms with Crippen LogP contribution >= 0.6 is 0 Å². The van der Waals surface area contributed by atoms with E-state index in [2.05, 4.69) is 5.32 Å². The smallest absolute Gasteiger partial charge is 0.411 e. The summed E-state index contributed by atoms with van der Waals surface area (Å²) in [6.07, 6.45) is -0.981. The number of nitrogens with zero attached hydrogens (tertiary/aromatic N) is 1. The Bertz CT molecular complexity index is 325.